The second-order valence-electron chi connectivity index (χ2n) is 3.21. The third-order valence-corrected chi connectivity index (χ3v) is 2.07. The molecule has 0 spiro atoms. The molecule has 2 unspecified atom stereocenters. The molecule has 16 heavy (non-hydrogen) atoms. The summed E-state index contributed by atoms with van der Waals surface area (Å²) in [6, 6.07) is -0.0181. The summed E-state index contributed by atoms with van der Waals surface area (Å²) in [6.45, 7) is 0. The Hall–Kier alpha value is -1.99. The first-order chi connectivity index (χ1) is 7.34. The normalized spacial score (nSPS) is 14.4. The number of phenols is 3. The highest BCUT2D eigenvalue weighted by Gasteiger charge is 2.26. The van der Waals surface area contributed by atoms with Crippen molar-refractivity contribution in [1.29, 1.82) is 0 Å². The maximum Gasteiger partial charge on any atom is 0.323 e. The smallest absolute Gasteiger partial charge is 0.323 e. The number of nitrogens with two attached hydrogens (primary N) is 1. The van der Waals surface area contributed by atoms with Gasteiger partial charge in [-0.2, -0.15) is 0 Å². The highest BCUT2D eigenvalue weighted by molar-refractivity contribution is 5.74. The van der Waals surface area contributed by atoms with Crippen LogP contribution in [0.5, 0.6) is 17.2 Å². The van der Waals surface area contributed by atoms with Crippen LogP contribution in [0.15, 0.2) is 12.1 Å². The van der Waals surface area contributed by atoms with Gasteiger partial charge < -0.3 is 31.3 Å². The Morgan fingerprint density at radius 1 is 1.12 bits per heavy atom. The summed E-state index contributed by atoms with van der Waals surface area (Å²) >= 11 is 0. The van der Waals surface area contributed by atoms with E-state index in [-0.39, 0.29) is 5.56 Å². The predicted octanol–water partition coefficient (Wildman–Crippen LogP) is -0.751. The number of hydrogen-bond acceptors (Lipinski definition) is 6. The fourth-order valence-electron chi connectivity index (χ4n) is 1.15. The average molecular weight is 229 g/mol. The number of carbonyl (C=O) groups is 1. The molecule has 0 saturated carbocycles. The number of aliphatic hydroxyl groups is 1. The molecule has 0 heterocycles. The van der Waals surface area contributed by atoms with Crippen LogP contribution in [0, 0.1) is 0 Å². The lowest BCUT2D eigenvalue weighted by Gasteiger charge is -2.16. The number of carboxylic acid groups (broad SMARTS) is 1. The third kappa shape index (κ3) is 2.15. The molecule has 7 heteroatoms. The average Bonchev–Trinajstić information content (AvgIpc) is 2.21. The van der Waals surface area contributed by atoms with Crippen LogP contribution >= 0.6 is 0 Å². The molecule has 0 aromatic heterocycles. The molecule has 0 aliphatic heterocycles. The van der Waals surface area contributed by atoms with Crippen molar-refractivity contribution < 1.29 is 30.3 Å². The van der Waals surface area contributed by atoms with Gasteiger partial charge in [0.25, 0.3) is 0 Å². The number of rotatable bonds is 3. The SMILES string of the molecule is NC(C(=O)O)C(O)c1cc(O)c(O)cc1O. The number of aliphatic carboxylic acids is 1. The lowest BCUT2D eigenvalue weighted by atomic mass is 10.0. The molecular formula is C9H11NO6. The minimum atomic E-state index is -1.69. The van der Waals surface area contributed by atoms with E-state index in [4.69, 9.17) is 21.1 Å². The molecule has 0 amide bonds. The molecule has 88 valence electrons. The number of hydrogen-bond donors (Lipinski definition) is 6. The van der Waals surface area contributed by atoms with Gasteiger partial charge in [-0.3, -0.25) is 4.79 Å². The van der Waals surface area contributed by atoms with Crippen molar-refractivity contribution in [1.82, 2.24) is 0 Å². The zero-order valence-corrected chi connectivity index (χ0v) is 8.03. The highest BCUT2D eigenvalue weighted by atomic mass is 16.4. The van der Waals surface area contributed by atoms with Crippen molar-refractivity contribution in [3.05, 3.63) is 17.7 Å². The summed E-state index contributed by atoms with van der Waals surface area (Å²) in [5.74, 6) is -3.19. The number of benzene rings is 1. The Kier molecular flexibility index (Phi) is 3.21. The van der Waals surface area contributed by atoms with Crippen LogP contribution in [0.3, 0.4) is 0 Å². The first-order valence-corrected chi connectivity index (χ1v) is 4.26. The zero-order chi connectivity index (χ0) is 12.5. The highest BCUT2D eigenvalue weighted by Crippen LogP contribution is 2.36. The standard InChI is InChI=1S/C9H11NO6/c10-7(9(15)16)8(14)3-1-5(12)6(13)2-4(3)11/h1-2,7-8,11-14H,10H2,(H,15,16). The molecule has 1 aromatic rings. The van der Waals surface area contributed by atoms with Crippen LogP contribution in [0.2, 0.25) is 0 Å². The van der Waals surface area contributed by atoms with Crippen LogP contribution in [0.1, 0.15) is 11.7 Å². The van der Waals surface area contributed by atoms with Gasteiger partial charge in [-0.15, -0.1) is 0 Å². The Morgan fingerprint density at radius 3 is 2.12 bits per heavy atom. The largest absolute Gasteiger partial charge is 0.507 e. The number of phenolic OH excluding ortho intramolecular Hbond substituents is 3. The van der Waals surface area contributed by atoms with Crippen molar-refractivity contribution in [2.24, 2.45) is 5.73 Å². The second kappa shape index (κ2) is 4.25. The maximum absolute atomic E-state index is 10.5. The Labute approximate surface area is 90.0 Å². The molecule has 0 radical (unpaired) electrons. The molecule has 0 saturated heterocycles. The molecule has 2 atom stereocenters. The van der Waals surface area contributed by atoms with Crippen molar-refractivity contribution in [3.8, 4) is 17.2 Å². The molecule has 1 aromatic carbocycles. The lowest BCUT2D eigenvalue weighted by Crippen LogP contribution is -2.36. The molecule has 7 nitrogen and oxygen atoms in total. The summed E-state index contributed by atoms with van der Waals surface area (Å²) in [6.07, 6.45) is -1.69. The van der Waals surface area contributed by atoms with Gasteiger partial charge in [0.05, 0.1) is 0 Å². The fourth-order valence-corrected chi connectivity index (χ4v) is 1.15. The van der Waals surface area contributed by atoms with Gasteiger partial charge in [-0.1, -0.05) is 0 Å². The van der Waals surface area contributed by atoms with Crippen LogP contribution < -0.4 is 5.73 Å². The van der Waals surface area contributed by atoms with Crippen molar-refractivity contribution >= 4 is 5.97 Å². The summed E-state index contributed by atoms with van der Waals surface area (Å²) in [4.78, 5) is 10.5. The fraction of sp³-hybridized carbons (Fsp3) is 0.222. The minimum Gasteiger partial charge on any atom is -0.507 e. The molecule has 0 aliphatic rings. The Bertz CT molecular complexity index is 419. The van der Waals surface area contributed by atoms with Crippen LogP contribution in [-0.4, -0.2) is 37.5 Å². The van der Waals surface area contributed by atoms with Crippen molar-refractivity contribution in [2.45, 2.75) is 12.1 Å². The predicted molar refractivity (Wildman–Crippen MR) is 52.0 cm³/mol. The molecular weight excluding hydrogens is 218 g/mol. The van der Waals surface area contributed by atoms with E-state index >= 15 is 0 Å². The van der Waals surface area contributed by atoms with E-state index in [0.717, 1.165) is 12.1 Å². The van der Waals surface area contributed by atoms with Crippen molar-refractivity contribution in [2.75, 3.05) is 0 Å². The maximum atomic E-state index is 10.5. The molecule has 1 rings (SSSR count). The molecule has 0 aliphatic carbocycles. The van der Waals surface area contributed by atoms with Gasteiger partial charge in [-0.25, -0.2) is 0 Å². The number of aromatic hydroxyl groups is 3. The Balaban J connectivity index is 3.13. The van der Waals surface area contributed by atoms with E-state index in [2.05, 4.69) is 0 Å². The number of carboxylic acids is 1. The van der Waals surface area contributed by atoms with E-state index in [1.165, 1.54) is 0 Å². The van der Waals surface area contributed by atoms with Gasteiger partial charge in [0.1, 0.15) is 17.9 Å². The molecule has 0 bridgehead atoms. The minimum absolute atomic E-state index is 0.273. The lowest BCUT2D eigenvalue weighted by molar-refractivity contribution is -0.141. The van der Waals surface area contributed by atoms with Gasteiger partial charge in [-0.05, 0) is 6.07 Å². The number of aliphatic hydroxyl groups excluding tert-OH is 1. The second-order valence-corrected chi connectivity index (χ2v) is 3.21. The summed E-state index contributed by atoms with van der Waals surface area (Å²) in [7, 11) is 0. The van der Waals surface area contributed by atoms with E-state index in [9.17, 15) is 15.0 Å². The molecule has 7 N–H and O–H groups in total. The van der Waals surface area contributed by atoms with Crippen molar-refractivity contribution in [3.63, 3.8) is 0 Å². The quantitative estimate of drug-likeness (QED) is 0.295. The molecule has 0 fully saturated rings. The zero-order valence-electron chi connectivity index (χ0n) is 8.03. The summed E-state index contributed by atoms with van der Waals surface area (Å²) in [5.41, 5.74) is 4.87. The summed E-state index contributed by atoms with van der Waals surface area (Å²) in [5, 5.41) is 45.5. The summed E-state index contributed by atoms with van der Waals surface area (Å²) < 4.78 is 0. The topological polar surface area (TPSA) is 144 Å². The van der Waals surface area contributed by atoms with Gasteiger partial charge in [0.2, 0.25) is 0 Å². The van der Waals surface area contributed by atoms with Gasteiger partial charge in [0.15, 0.2) is 11.5 Å². The van der Waals surface area contributed by atoms with E-state index in [1.54, 1.807) is 0 Å². The van der Waals surface area contributed by atoms with Crippen LogP contribution in [-0.2, 0) is 4.79 Å². The van der Waals surface area contributed by atoms with Gasteiger partial charge in [0, 0.05) is 11.6 Å². The third-order valence-electron chi connectivity index (χ3n) is 2.07. The Morgan fingerprint density at radius 2 is 1.62 bits per heavy atom. The van der Waals surface area contributed by atoms with E-state index < -0.39 is 35.4 Å². The first-order valence-electron chi connectivity index (χ1n) is 4.26. The van der Waals surface area contributed by atoms with E-state index in [1.807, 2.05) is 0 Å². The van der Waals surface area contributed by atoms with Crippen LogP contribution in [0.4, 0.5) is 0 Å². The van der Waals surface area contributed by atoms with Crippen LogP contribution in [0.25, 0.3) is 0 Å². The first kappa shape index (κ1) is 12.1. The monoisotopic (exact) mass is 229 g/mol. The van der Waals surface area contributed by atoms with E-state index in [0.29, 0.717) is 0 Å². The van der Waals surface area contributed by atoms with Gasteiger partial charge >= 0.3 is 5.97 Å².